The van der Waals surface area contributed by atoms with Crippen molar-refractivity contribution in [1.82, 2.24) is 15.5 Å². The first-order valence-electron chi connectivity index (χ1n) is 9.08. The molecule has 2 N–H and O–H groups in total. The SMILES string of the molecule is C=CCN1CCC(NC(=NCCOc2ccc(F)c(F)c2)NCC)CC1.I. The number of benzene rings is 1. The highest BCUT2D eigenvalue weighted by Crippen LogP contribution is 2.15. The summed E-state index contributed by atoms with van der Waals surface area (Å²) in [7, 11) is 0. The van der Waals surface area contributed by atoms with Gasteiger partial charge >= 0.3 is 0 Å². The summed E-state index contributed by atoms with van der Waals surface area (Å²) < 4.78 is 31.4. The fraction of sp³-hybridized carbons (Fsp3) is 0.526. The van der Waals surface area contributed by atoms with E-state index in [4.69, 9.17) is 4.74 Å². The molecule has 0 atom stereocenters. The van der Waals surface area contributed by atoms with Gasteiger partial charge in [0.1, 0.15) is 12.4 Å². The molecule has 1 saturated heterocycles. The Morgan fingerprint density at radius 3 is 2.70 bits per heavy atom. The Morgan fingerprint density at radius 1 is 1.33 bits per heavy atom. The van der Waals surface area contributed by atoms with Crippen LogP contribution in [0.2, 0.25) is 0 Å². The lowest BCUT2D eigenvalue weighted by atomic mass is 10.1. The van der Waals surface area contributed by atoms with Crippen molar-refractivity contribution in [3.05, 3.63) is 42.5 Å². The van der Waals surface area contributed by atoms with Crippen LogP contribution in [0, 0.1) is 11.6 Å². The fourth-order valence-electron chi connectivity index (χ4n) is 2.84. The smallest absolute Gasteiger partial charge is 0.191 e. The molecular formula is C19H29F2IN4O. The molecule has 1 aromatic carbocycles. The van der Waals surface area contributed by atoms with Crippen LogP contribution < -0.4 is 15.4 Å². The first-order valence-corrected chi connectivity index (χ1v) is 9.08. The number of halogens is 3. The van der Waals surface area contributed by atoms with Gasteiger partial charge in [-0.25, -0.2) is 13.8 Å². The summed E-state index contributed by atoms with van der Waals surface area (Å²) in [5.74, 6) is -0.743. The highest BCUT2D eigenvalue weighted by molar-refractivity contribution is 14.0. The van der Waals surface area contributed by atoms with Crippen LogP contribution in [-0.4, -0.2) is 56.2 Å². The molecule has 1 aliphatic rings. The van der Waals surface area contributed by atoms with Crippen LogP contribution in [0.25, 0.3) is 0 Å². The number of nitrogens with one attached hydrogen (secondary N) is 2. The Hall–Kier alpha value is -1.42. The van der Waals surface area contributed by atoms with Crippen LogP contribution in [0.1, 0.15) is 19.8 Å². The third-order valence-corrected chi connectivity index (χ3v) is 4.18. The molecule has 0 aliphatic carbocycles. The molecular weight excluding hydrogens is 465 g/mol. The number of aliphatic imine (C=N–C) groups is 1. The minimum Gasteiger partial charge on any atom is -0.492 e. The van der Waals surface area contributed by atoms with E-state index in [1.807, 2.05) is 13.0 Å². The van der Waals surface area contributed by atoms with Crippen molar-refractivity contribution in [3.63, 3.8) is 0 Å². The zero-order valence-electron chi connectivity index (χ0n) is 15.7. The maximum atomic E-state index is 13.1. The summed E-state index contributed by atoms with van der Waals surface area (Å²) in [5, 5.41) is 6.68. The first-order chi connectivity index (χ1) is 12.6. The molecule has 2 rings (SSSR count). The summed E-state index contributed by atoms with van der Waals surface area (Å²) in [6.07, 6.45) is 4.06. The average Bonchev–Trinajstić information content (AvgIpc) is 2.63. The van der Waals surface area contributed by atoms with Crippen molar-refractivity contribution in [1.29, 1.82) is 0 Å². The zero-order valence-corrected chi connectivity index (χ0v) is 18.0. The Morgan fingerprint density at radius 2 is 2.07 bits per heavy atom. The van der Waals surface area contributed by atoms with E-state index in [0.29, 0.717) is 24.9 Å². The number of nitrogens with zero attached hydrogens (tertiary/aromatic N) is 2. The molecule has 1 aliphatic heterocycles. The summed E-state index contributed by atoms with van der Waals surface area (Å²) >= 11 is 0. The summed E-state index contributed by atoms with van der Waals surface area (Å²) in [5.41, 5.74) is 0. The fourth-order valence-corrected chi connectivity index (χ4v) is 2.84. The molecule has 0 amide bonds. The molecule has 8 heteroatoms. The van der Waals surface area contributed by atoms with E-state index < -0.39 is 11.6 Å². The van der Waals surface area contributed by atoms with E-state index in [1.165, 1.54) is 6.07 Å². The van der Waals surface area contributed by atoms with Crippen molar-refractivity contribution in [2.75, 3.05) is 39.3 Å². The average molecular weight is 494 g/mol. The minimum atomic E-state index is -0.913. The quantitative estimate of drug-likeness (QED) is 0.192. The molecule has 0 radical (unpaired) electrons. The molecule has 0 bridgehead atoms. The summed E-state index contributed by atoms with van der Waals surface area (Å²) in [6, 6.07) is 3.89. The third-order valence-electron chi connectivity index (χ3n) is 4.18. The van der Waals surface area contributed by atoms with Crippen LogP contribution in [-0.2, 0) is 0 Å². The largest absolute Gasteiger partial charge is 0.492 e. The van der Waals surface area contributed by atoms with E-state index in [2.05, 4.69) is 27.1 Å². The second-order valence-corrected chi connectivity index (χ2v) is 6.19. The number of likely N-dealkylation sites (tertiary alicyclic amines) is 1. The lowest BCUT2D eigenvalue weighted by Crippen LogP contribution is -2.48. The van der Waals surface area contributed by atoms with E-state index in [1.54, 1.807) is 0 Å². The number of piperidine rings is 1. The van der Waals surface area contributed by atoms with Gasteiger partial charge in [-0.05, 0) is 31.9 Å². The van der Waals surface area contributed by atoms with E-state index >= 15 is 0 Å². The van der Waals surface area contributed by atoms with Gasteiger partial charge < -0.3 is 15.4 Å². The van der Waals surface area contributed by atoms with Gasteiger partial charge in [-0.2, -0.15) is 0 Å². The second kappa shape index (κ2) is 12.9. The van der Waals surface area contributed by atoms with Crippen molar-refractivity contribution in [2.45, 2.75) is 25.8 Å². The molecule has 0 saturated carbocycles. The van der Waals surface area contributed by atoms with Gasteiger partial charge in [0.25, 0.3) is 0 Å². The van der Waals surface area contributed by atoms with Gasteiger partial charge in [-0.3, -0.25) is 4.90 Å². The van der Waals surface area contributed by atoms with Gasteiger partial charge in [-0.1, -0.05) is 6.08 Å². The van der Waals surface area contributed by atoms with Crippen LogP contribution in [0.5, 0.6) is 5.75 Å². The minimum absolute atomic E-state index is 0. The Labute approximate surface area is 177 Å². The number of guanidine groups is 1. The number of ether oxygens (including phenoxy) is 1. The van der Waals surface area contributed by atoms with E-state index in [-0.39, 0.29) is 24.0 Å². The summed E-state index contributed by atoms with van der Waals surface area (Å²) in [6.45, 7) is 10.3. The van der Waals surface area contributed by atoms with Crippen molar-refractivity contribution < 1.29 is 13.5 Å². The lowest BCUT2D eigenvalue weighted by molar-refractivity contribution is 0.225. The normalized spacial score (nSPS) is 15.7. The van der Waals surface area contributed by atoms with Crippen molar-refractivity contribution in [3.8, 4) is 5.75 Å². The van der Waals surface area contributed by atoms with Gasteiger partial charge in [0.15, 0.2) is 17.6 Å². The molecule has 0 unspecified atom stereocenters. The Balaban J connectivity index is 0.00000364. The monoisotopic (exact) mass is 494 g/mol. The standard InChI is InChI=1S/C19H28F2N4O.HI/c1-3-10-25-11-7-15(8-12-25)24-19(22-4-2)23-9-13-26-16-5-6-17(20)18(21)14-16;/h3,5-6,14-15H,1,4,7-13H2,2H3,(H2,22,23,24);1H. The van der Waals surface area contributed by atoms with Crippen LogP contribution >= 0.6 is 24.0 Å². The number of rotatable bonds is 8. The van der Waals surface area contributed by atoms with Crippen molar-refractivity contribution >= 4 is 29.9 Å². The van der Waals surface area contributed by atoms with Gasteiger partial charge in [0, 0.05) is 38.3 Å². The second-order valence-electron chi connectivity index (χ2n) is 6.19. The Kier molecular flexibility index (Phi) is 11.3. The highest BCUT2D eigenvalue weighted by atomic mass is 127. The van der Waals surface area contributed by atoms with E-state index in [0.717, 1.165) is 57.1 Å². The molecule has 5 nitrogen and oxygen atoms in total. The van der Waals surface area contributed by atoms with Gasteiger partial charge in [0.05, 0.1) is 6.54 Å². The molecule has 1 fully saturated rings. The van der Waals surface area contributed by atoms with Crippen LogP contribution in [0.15, 0.2) is 35.8 Å². The third kappa shape index (κ3) is 8.42. The lowest BCUT2D eigenvalue weighted by Gasteiger charge is -2.32. The maximum absolute atomic E-state index is 13.1. The predicted octanol–water partition coefficient (Wildman–Crippen LogP) is 3.17. The molecule has 1 aromatic rings. The number of hydrogen-bond acceptors (Lipinski definition) is 3. The molecule has 1 heterocycles. The zero-order chi connectivity index (χ0) is 18.8. The van der Waals surface area contributed by atoms with Crippen LogP contribution in [0.3, 0.4) is 0 Å². The summed E-state index contributed by atoms with van der Waals surface area (Å²) in [4.78, 5) is 6.87. The molecule has 0 spiro atoms. The van der Waals surface area contributed by atoms with E-state index in [9.17, 15) is 8.78 Å². The highest BCUT2D eigenvalue weighted by Gasteiger charge is 2.18. The van der Waals surface area contributed by atoms with Crippen LogP contribution in [0.4, 0.5) is 8.78 Å². The van der Waals surface area contributed by atoms with Gasteiger partial charge in [0.2, 0.25) is 0 Å². The molecule has 27 heavy (non-hydrogen) atoms. The molecule has 0 aromatic heterocycles. The Bertz CT molecular complexity index is 607. The predicted molar refractivity (Wildman–Crippen MR) is 116 cm³/mol. The first kappa shape index (κ1) is 23.6. The maximum Gasteiger partial charge on any atom is 0.191 e. The van der Waals surface area contributed by atoms with Crippen molar-refractivity contribution in [2.24, 2.45) is 4.99 Å². The van der Waals surface area contributed by atoms with Gasteiger partial charge in [-0.15, -0.1) is 30.6 Å². The molecule has 152 valence electrons. The number of hydrogen-bond donors (Lipinski definition) is 2. The topological polar surface area (TPSA) is 48.9 Å².